The average molecular weight is 477 g/mol. The van der Waals surface area contributed by atoms with Crippen LogP contribution in [0.15, 0.2) is 41.7 Å². The molecule has 1 aliphatic rings. The van der Waals surface area contributed by atoms with Crippen molar-refractivity contribution in [1.82, 2.24) is 19.9 Å². The molecule has 9 heteroatoms. The Hall–Kier alpha value is -3.72. The minimum absolute atomic E-state index is 0.128. The molecule has 184 valence electrons. The largest absolute Gasteiger partial charge is 0.494 e. The predicted octanol–water partition coefficient (Wildman–Crippen LogP) is 3.68. The zero-order valence-electron chi connectivity index (χ0n) is 20.6. The van der Waals surface area contributed by atoms with Crippen molar-refractivity contribution in [1.29, 1.82) is 0 Å². The number of pyridine rings is 1. The summed E-state index contributed by atoms with van der Waals surface area (Å²) in [6.07, 6.45) is 7.98. The SMILES string of the molecule is CCOc1cc(C)c(-n2cnc(N)c(C(=O)Nc3cncc([C@H]4CCC[C@@H](C)N4)c3)c2=O)c(C)c1. The zero-order chi connectivity index (χ0) is 25.1. The number of nitrogens with two attached hydrogens (primary N) is 1. The lowest BCUT2D eigenvalue weighted by Gasteiger charge is -2.29. The van der Waals surface area contributed by atoms with Crippen LogP contribution in [0.3, 0.4) is 0 Å². The van der Waals surface area contributed by atoms with Crippen LogP contribution >= 0.6 is 0 Å². The Morgan fingerprint density at radius 3 is 2.66 bits per heavy atom. The summed E-state index contributed by atoms with van der Waals surface area (Å²) < 4.78 is 6.95. The van der Waals surface area contributed by atoms with E-state index in [1.807, 2.05) is 39.0 Å². The second-order valence-electron chi connectivity index (χ2n) is 9.03. The molecule has 2 atom stereocenters. The third-order valence-electron chi connectivity index (χ3n) is 6.28. The third-order valence-corrected chi connectivity index (χ3v) is 6.28. The lowest BCUT2D eigenvalue weighted by molar-refractivity contribution is 0.102. The maximum atomic E-state index is 13.4. The molecular formula is C26H32N6O3. The van der Waals surface area contributed by atoms with Crippen LogP contribution in [0.1, 0.15) is 66.2 Å². The Bertz CT molecular complexity index is 1280. The first-order valence-electron chi connectivity index (χ1n) is 11.9. The molecule has 3 aromatic rings. The summed E-state index contributed by atoms with van der Waals surface area (Å²) in [5, 5.41) is 6.35. The van der Waals surface area contributed by atoms with Crippen LogP contribution in [0.5, 0.6) is 5.75 Å². The van der Waals surface area contributed by atoms with E-state index in [1.165, 1.54) is 10.9 Å². The van der Waals surface area contributed by atoms with Crippen molar-refractivity contribution in [3.63, 3.8) is 0 Å². The summed E-state index contributed by atoms with van der Waals surface area (Å²) in [5.41, 5.74) is 9.00. The van der Waals surface area contributed by atoms with Crippen molar-refractivity contribution < 1.29 is 9.53 Å². The van der Waals surface area contributed by atoms with Crippen LogP contribution in [0.2, 0.25) is 0 Å². The molecule has 1 amide bonds. The first-order valence-corrected chi connectivity index (χ1v) is 11.9. The molecular weight excluding hydrogens is 444 g/mol. The Kier molecular flexibility index (Phi) is 7.16. The van der Waals surface area contributed by atoms with Crippen LogP contribution in [0.25, 0.3) is 5.69 Å². The molecule has 1 aromatic carbocycles. The number of aromatic nitrogens is 3. The Morgan fingerprint density at radius 1 is 1.23 bits per heavy atom. The number of rotatable bonds is 6. The first-order chi connectivity index (χ1) is 16.8. The van der Waals surface area contributed by atoms with Gasteiger partial charge in [-0.05, 0) is 75.4 Å². The van der Waals surface area contributed by atoms with Crippen LogP contribution < -0.4 is 26.7 Å². The molecule has 0 aliphatic carbocycles. The number of amides is 1. The number of nitrogen functional groups attached to an aromatic ring is 1. The van der Waals surface area contributed by atoms with Crippen molar-refractivity contribution in [2.75, 3.05) is 17.7 Å². The smallest absolute Gasteiger partial charge is 0.272 e. The van der Waals surface area contributed by atoms with Gasteiger partial charge in [-0.1, -0.05) is 6.42 Å². The van der Waals surface area contributed by atoms with Gasteiger partial charge in [0, 0.05) is 18.3 Å². The average Bonchev–Trinajstić information content (AvgIpc) is 2.80. The zero-order valence-corrected chi connectivity index (χ0v) is 20.6. The highest BCUT2D eigenvalue weighted by molar-refractivity contribution is 6.06. The highest BCUT2D eigenvalue weighted by atomic mass is 16.5. The Balaban J connectivity index is 1.65. The van der Waals surface area contributed by atoms with Gasteiger partial charge in [-0.2, -0.15) is 0 Å². The van der Waals surface area contributed by atoms with Crippen molar-refractivity contribution >= 4 is 17.4 Å². The molecule has 9 nitrogen and oxygen atoms in total. The van der Waals surface area contributed by atoms with Gasteiger partial charge in [-0.25, -0.2) is 4.98 Å². The van der Waals surface area contributed by atoms with E-state index in [0.717, 1.165) is 41.7 Å². The fourth-order valence-electron chi connectivity index (χ4n) is 4.70. The fourth-order valence-corrected chi connectivity index (χ4v) is 4.70. The predicted molar refractivity (Wildman–Crippen MR) is 136 cm³/mol. The summed E-state index contributed by atoms with van der Waals surface area (Å²) >= 11 is 0. The van der Waals surface area contributed by atoms with Gasteiger partial charge in [0.15, 0.2) is 0 Å². The number of aryl methyl sites for hydroxylation is 2. The number of ether oxygens (including phenoxy) is 1. The van der Waals surface area contributed by atoms with E-state index in [4.69, 9.17) is 10.5 Å². The molecule has 2 aromatic heterocycles. The number of hydrogen-bond donors (Lipinski definition) is 3. The standard InChI is InChI=1S/C26H32N6O3/c1-5-35-20-9-15(2)23(16(3)10-20)32-14-29-24(27)22(26(32)34)25(33)31-19-11-18(12-28-13-19)21-8-6-7-17(4)30-21/h9-14,17,21,30H,5-8,27H2,1-4H3,(H,31,33)/t17-,21-/m1/s1. The van der Waals surface area contributed by atoms with Gasteiger partial charge in [0.05, 0.1) is 24.2 Å². The van der Waals surface area contributed by atoms with Crippen LogP contribution in [0.4, 0.5) is 11.5 Å². The summed E-state index contributed by atoms with van der Waals surface area (Å²) in [6.45, 7) is 8.37. The van der Waals surface area contributed by atoms with E-state index >= 15 is 0 Å². The minimum Gasteiger partial charge on any atom is -0.494 e. The lowest BCUT2D eigenvalue weighted by Crippen LogP contribution is -2.34. The normalized spacial score (nSPS) is 17.7. The van der Waals surface area contributed by atoms with E-state index in [9.17, 15) is 9.59 Å². The maximum absolute atomic E-state index is 13.4. The Labute approximate surface area is 204 Å². The summed E-state index contributed by atoms with van der Waals surface area (Å²) in [4.78, 5) is 35.0. The minimum atomic E-state index is -0.625. The van der Waals surface area contributed by atoms with E-state index < -0.39 is 11.5 Å². The molecule has 0 radical (unpaired) electrons. The van der Waals surface area contributed by atoms with Crippen molar-refractivity contribution in [3.8, 4) is 11.4 Å². The number of carbonyl (C=O) groups is 1. The highest BCUT2D eigenvalue weighted by Crippen LogP contribution is 2.27. The first kappa shape index (κ1) is 24.4. The highest BCUT2D eigenvalue weighted by Gasteiger charge is 2.22. The quantitative estimate of drug-likeness (QED) is 0.496. The van der Waals surface area contributed by atoms with Gasteiger partial charge >= 0.3 is 0 Å². The topological polar surface area (TPSA) is 124 Å². The van der Waals surface area contributed by atoms with Gasteiger partial charge in [0.25, 0.3) is 11.5 Å². The number of benzene rings is 1. The molecule has 0 unspecified atom stereocenters. The number of nitrogens with zero attached hydrogens (tertiary/aromatic N) is 3. The van der Waals surface area contributed by atoms with Gasteiger partial charge in [-0.15, -0.1) is 0 Å². The fraction of sp³-hybridized carbons (Fsp3) is 0.385. The molecule has 4 N–H and O–H groups in total. The molecule has 1 saturated heterocycles. The summed E-state index contributed by atoms with van der Waals surface area (Å²) in [5.74, 6) is -0.0358. The van der Waals surface area contributed by atoms with Crippen molar-refractivity contribution in [2.24, 2.45) is 0 Å². The van der Waals surface area contributed by atoms with Crippen molar-refractivity contribution in [2.45, 2.75) is 59.0 Å². The number of anilines is 2. The molecule has 4 rings (SSSR count). The van der Waals surface area contributed by atoms with Gasteiger partial charge in [-0.3, -0.25) is 19.1 Å². The number of hydrogen-bond acceptors (Lipinski definition) is 7. The van der Waals surface area contributed by atoms with Gasteiger partial charge in [0.2, 0.25) is 0 Å². The van der Waals surface area contributed by atoms with Crippen molar-refractivity contribution in [3.05, 3.63) is 69.5 Å². The maximum Gasteiger partial charge on any atom is 0.272 e. The Morgan fingerprint density at radius 2 is 1.97 bits per heavy atom. The summed E-state index contributed by atoms with van der Waals surface area (Å²) in [7, 11) is 0. The van der Waals surface area contributed by atoms with E-state index in [0.29, 0.717) is 24.0 Å². The molecule has 35 heavy (non-hydrogen) atoms. The summed E-state index contributed by atoms with van der Waals surface area (Å²) in [6, 6.07) is 6.19. The molecule has 0 spiro atoms. The molecule has 1 aliphatic heterocycles. The monoisotopic (exact) mass is 476 g/mol. The van der Waals surface area contributed by atoms with E-state index in [1.54, 1.807) is 12.4 Å². The molecule has 1 fully saturated rings. The van der Waals surface area contributed by atoms with E-state index in [2.05, 4.69) is 27.5 Å². The molecule has 0 saturated carbocycles. The van der Waals surface area contributed by atoms with Crippen LogP contribution in [-0.2, 0) is 0 Å². The third kappa shape index (κ3) is 5.19. The van der Waals surface area contributed by atoms with Crippen LogP contribution in [-0.4, -0.2) is 33.1 Å². The lowest BCUT2D eigenvalue weighted by atomic mass is 9.95. The molecule has 3 heterocycles. The number of nitrogens with one attached hydrogen (secondary N) is 2. The number of carbonyl (C=O) groups excluding carboxylic acids is 1. The van der Waals surface area contributed by atoms with Gasteiger partial charge in [0.1, 0.15) is 23.5 Å². The van der Waals surface area contributed by atoms with Gasteiger partial charge < -0.3 is 21.1 Å². The van der Waals surface area contributed by atoms with Crippen LogP contribution in [0, 0.1) is 13.8 Å². The second kappa shape index (κ2) is 10.3. The second-order valence-corrected chi connectivity index (χ2v) is 9.03. The number of piperidine rings is 1. The van der Waals surface area contributed by atoms with E-state index in [-0.39, 0.29) is 17.4 Å². The molecule has 0 bridgehead atoms.